The SMILES string of the molecule is COc1ccc(N[C@H](C(=O)Nc2cc(C)ccc2OC)c2ccccc2)cc1Cl. The minimum atomic E-state index is -0.633. The molecule has 29 heavy (non-hydrogen) atoms. The Bertz CT molecular complexity index is 993. The number of halogens is 1. The van der Waals surface area contributed by atoms with Gasteiger partial charge in [0.15, 0.2) is 0 Å². The molecule has 0 bridgehead atoms. The number of ether oxygens (including phenoxy) is 2. The summed E-state index contributed by atoms with van der Waals surface area (Å²) in [6, 6.07) is 19.8. The van der Waals surface area contributed by atoms with E-state index in [4.69, 9.17) is 21.1 Å². The van der Waals surface area contributed by atoms with Crippen LogP contribution in [-0.2, 0) is 4.79 Å². The minimum absolute atomic E-state index is 0.216. The Kier molecular flexibility index (Phi) is 6.62. The van der Waals surface area contributed by atoms with Gasteiger partial charge < -0.3 is 20.1 Å². The molecule has 0 radical (unpaired) electrons. The van der Waals surface area contributed by atoms with Crippen LogP contribution in [0.2, 0.25) is 5.02 Å². The Hall–Kier alpha value is -3.18. The Balaban J connectivity index is 1.91. The van der Waals surface area contributed by atoms with E-state index < -0.39 is 6.04 Å². The first-order valence-corrected chi connectivity index (χ1v) is 9.50. The van der Waals surface area contributed by atoms with E-state index in [2.05, 4.69) is 10.6 Å². The van der Waals surface area contributed by atoms with Crippen LogP contribution in [0.4, 0.5) is 11.4 Å². The lowest BCUT2D eigenvalue weighted by molar-refractivity contribution is -0.117. The molecule has 150 valence electrons. The van der Waals surface area contributed by atoms with Crippen molar-refractivity contribution in [2.75, 3.05) is 24.9 Å². The first kappa shape index (κ1) is 20.6. The number of benzene rings is 3. The second-order valence-corrected chi connectivity index (χ2v) is 6.94. The highest BCUT2D eigenvalue weighted by atomic mass is 35.5. The van der Waals surface area contributed by atoms with Gasteiger partial charge in [-0.3, -0.25) is 4.79 Å². The highest BCUT2D eigenvalue weighted by molar-refractivity contribution is 6.32. The van der Waals surface area contributed by atoms with Gasteiger partial charge in [-0.1, -0.05) is 48.0 Å². The monoisotopic (exact) mass is 410 g/mol. The van der Waals surface area contributed by atoms with Crippen LogP contribution in [0.5, 0.6) is 11.5 Å². The zero-order valence-corrected chi connectivity index (χ0v) is 17.3. The van der Waals surface area contributed by atoms with Crippen molar-refractivity contribution in [3.8, 4) is 11.5 Å². The average molecular weight is 411 g/mol. The summed E-state index contributed by atoms with van der Waals surface area (Å²) in [5.74, 6) is 0.956. The smallest absolute Gasteiger partial charge is 0.251 e. The standard InChI is InChI=1S/C23H23ClN2O3/c1-15-9-11-21(29-3)19(13-15)26-23(27)22(16-7-5-4-6-8-16)25-17-10-12-20(28-2)18(24)14-17/h4-14,22,25H,1-3H3,(H,26,27)/t22-/m0/s1. The normalized spacial score (nSPS) is 11.4. The van der Waals surface area contributed by atoms with Crippen molar-refractivity contribution in [2.24, 2.45) is 0 Å². The van der Waals surface area contributed by atoms with Crippen molar-refractivity contribution in [3.63, 3.8) is 0 Å². The number of carbonyl (C=O) groups is 1. The van der Waals surface area contributed by atoms with Crippen LogP contribution in [0, 0.1) is 6.92 Å². The molecule has 1 amide bonds. The molecule has 1 atom stereocenters. The average Bonchev–Trinajstić information content (AvgIpc) is 2.73. The lowest BCUT2D eigenvalue weighted by atomic mass is 10.1. The number of methoxy groups -OCH3 is 2. The summed E-state index contributed by atoms with van der Waals surface area (Å²) in [4.78, 5) is 13.2. The maximum Gasteiger partial charge on any atom is 0.251 e. The van der Waals surface area contributed by atoms with Gasteiger partial charge in [0.2, 0.25) is 0 Å². The predicted molar refractivity (Wildman–Crippen MR) is 117 cm³/mol. The molecule has 0 aliphatic heterocycles. The van der Waals surface area contributed by atoms with E-state index in [1.165, 1.54) is 0 Å². The third kappa shape index (κ3) is 5.00. The summed E-state index contributed by atoms with van der Waals surface area (Å²) in [5, 5.41) is 6.70. The zero-order valence-electron chi connectivity index (χ0n) is 16.5. The Morgan fingerprint density at radius 1 is 0.931 bits per heavy atom. The quantitative estimate of drug-likeness (QED) is 0.543. The summed E-state index contributed by atoms with van der Waals surface area (Å²) < 4.78 is 10.6. The van der Waals surface area contributed by atoms with E-state index in [9.17, 15) is 4.79 Å². The fourth-order valence-electron chi connectivity index (χ4n) is 2.99. The number of anilines is 2. The molecule has 3 aromatic carbocycles. The van der Waals surface area contributed by atoms with Gasteiger partial charge in [-0.25, -0.2) is 0 Å². The molecule has 0 spiro atoms. The molecule has 0 unspecified atom stereocenters. The topological polar surface area (TPSA) is 59.6 Å². The van der Waals surface area contributed by atoms with Gasteiger partial charge in [-0.2, -0.15) is 0 Å². The van der Waals surface area contributed by atoms with Gasteiger partial charge in [0.1, 0.15) is 17.5 Å². The first-order chi connectivity index (χ1) is 14.0. The van der Waals surface area contributed by atoms with Gasteiger partial charge in [-0.15, -0.1) is 0 Å². The third-order valence-electron chi connectivity index (χ3n) is 4.47. The molecule has 0 aromatic heterocycles. The van der Waals surface area contributed by atoms with Gasteiger partial charge in [0, 0.05) is 5.69 Å². The Morgan fingerprint density at radius 2 is 1.62 bits per heavy atom. The van der Waals surface area contributed by atoms with E-state index in [1.54, 1.807) is 26.4 Å². The fourth-order valence-corrected chi connectivity index (χ4v) is 3.25. The number of amides is 1. The molecule has 5 nitrogen and oxygen atoms in total. The molecular formula is C23H23ClN2O3. The highest BCUT2D eigenvalue weighted by Crippen LogP contribution is 2.31. The van der Waals surface area contributed by atoms with Crippen molar-refractivity contribution in [3.05, 3.63) is 82.9 Å². The summed E-state index contributed by atoms with van der Waals surface area (Å²) in [6.07, 6.45) is 0. The zero-order chi connectivity index (χ0) is 20.8. The minimum Gasteiger partial charge on any atom is -0.495 e. The molecule has 0 saturated heterocycles. The van der Waals surface area contributed by atoms with Crippen LogP contribution >= 0.6 is 11.6 Å². The second kappa shape index (κ2) is 9.34. The summed E-state index contributed by atoms with van der Waals surface area (Å²) in [6.45, 7) is 1.96. The third-order valence-corrected chi connectivity index (χ3v) is 4.77. The summed E-state index contributed by atoms with van der Waals surface area (Å²) in [7, 11) is 3.14. The van der Waals surface area contributed by atoms with Crippen molar-refractivity contribution < 1.29 is 14.3 Å². The van der Waals surface area contributed by atoms with Crippen LogP contribution in [0.15, 0.2) is 66.7 Å². The van der Waals surface area contributed by atoms with Crippen molar-refractivity contribution in [1.29, 1.82) is 0 Å². The number of rotatable bonds is 7. The number of nitrogens with one attached hydrogen (secondary N) is 2. The van der Waals surface area contributed by atoms with Crippen LogP contribution in [0.25, 0.3) is 0 Å². The maximum absolute atomic E-state index is 13.2. The number of hydrogen-bond donors (Lipinski definition) is 2. The van der Waals surface area contributed by atoms with Crippen molar-refractivity contribution in [2.45, 2.75) is 13.0 Å². The molecule has 6 heteroatoms. The molecule has 3 aromatic rings. The molecule has 2 N–H and O–H groups in total. The fraction of sp³-hybridized carbons (Fsp3) is 0.174. The lowest BCUT2D eigenvalue weighted by Gasteiger charge is -2.21. The van der Waals surface area contributed by atoms with E-state index >= 15 is 0 Å². The molecule has 0 aliphatic carbocycles. The van der Waals surface area contributed by atoms with E-state index in [0.717, 1.165) is 11.1 Å². The van der Waals surface area contributed by atoms with Crippen LogP contribution in [-0.4, -0.2) is 20.1 Å². The number of hydrogen-bond acceptors (Lipinski definition) is 4. The Morgan fingerprint density at radius 3 is 2.28 bits per heavy atom. The second-order valence-electron chi connectivity index (χ2n) is 6.53. The van der Waals surface area contributed by atoms with Crippen LogP contribution in [0.3, 0.4) is 0 Å². The largest absolute Gasteiger partial charge is 0.495 e. The predicted octanol–water partition coefficient (Wildman–Crippen LogP) is 5.46. The Labute approximate surface area is 175 Å². The molecule has 0 aliphatic rings. The van der Waals surface area contributed by atoms with E-state index in [0.29, 0.717) is 27.9 Å². The van der Waals surface area contributed by atoms with Crippen LogP contribution in [0.1, 0.15) is 17.2 Å². The molecule has 0 fully saturated rings. The molecule has 0 heterocycles. The van der Waals surface area contributed by atoms with Gasteiger partial charge in [0.05, 0.1) is 24.9 Å². The maximum atomic E-state index is 13.2. The van der Waals surface area contributed by atoms with E-state index in [-0.39, 0.29) is 5.91 Å². The van der Waals surface area contributed by atoms with Crippen LogP contribution < -0.4 is 20.1 Å². The molecule has 0 saturated carbocycles. The van der Waals surface area contributed by atoms with Gasteiger partial charge >= 0.3 is 0 Å². The molecular weight excluding hydrogens is 388 g/mol. The number of aryl methyl sites for hydroxylation is 1. The summed E-state index contributed by atoms with van der Waals surface area (Å²) in [5.41, 5.74) is 3.17. The number of carbonyl (C=O) groups excluding carboxylic acids is 1. The van der Waals surface area contributed by atoms with Crippen molar-refractivity contribution in [1.82, 2.24) is 0 Å². The highest BCUT2D eigenvalue weighted by Gasteiger charge is 2.22. The summed E-state index contributed by atoms with van der Waals surface area (Å²) >= 11 is 6.24. The van der Waals surface area contributed by atoms with Gasteiger partial charge in [-0.05, 0) is 48.4 Å². The van der Waals surface area contributed by atoms with Crippen molar-refractivity contribution >= 4 is 28.9 Å². The lowest BCUT2D eigenvalue weighted by Crippen LogP contribution is -2.27. The van der Waals surface area contributed by atoms with E-state index in [1.807, 2.05) is 61.5 Å². The van der Waals surface area contributed by atoms with Gasteiger partial charge in [0.25, 0.3) is 5.91 Å². The first-order valence-electron chi connectivity index (χ1n) is 9.12. The molecule has 3 rings (SSSR count).